The largest absolute Gasteiger partial charge is 0.508 e. The van der Waals surface area contributed by atoms with Gasteiger partial charge in [-0.1, -0.05) is 6.92 Å². The second kappa shape index (κ2) is 3.89. The Morgan fingerprint density at radius 3 is 2.94 bits per heavy atom. The first kappa shape index (κ1) is 10.5. The van der Waals surface area contributed by atoms with Gasteiger partial charge in [-0.05, 0) is 24.1 Å². The SMILES string of the molecule is CC(CC(=O)O)c1cc2occc2cc1O. The lowest BCUT2D eigenvalue weighted by molar-refractivity contribution is -0.137. The Morgan fingerprint density at radius 2 is 2.25 bits per heavy atom. The highest BCUT2D eigenvalue weighted by atomic mass is 16.4. The van der Waals surface area contributed by atoms with E-state index in [4.69, 9.17) is 9.52 Å². The highest BCUT2D eigenvalue weighted by molar-refractivity contribution is 5.80. The van der Waals surface area contributed by atoms with Crippen molar-refractivity contribution in [2.24, 2.45) is 0 Å². The van der Waals surface area contributed by atoms with Gasteiger partial charge in [0.15, 0.2) is 0 Å². The lowest BCUT2D eigenvalue weighted by Crippen LogP contribution is -2.02. The quantitative estimate of drug-likeness (QED) is 0.834. The molecule has 0 fully saturated rings. The average Bonchev–Trinajstić information content (AvgIpc) is 2.61. The van der Waals surface area contributed by atoms with E-state index in [9.17, 15) is 9.90 Å². The third-order valence-corrected chi connectivity index (χ3v) is 2.61. The third kappa shape index (κ3) is 1.86. The summed E-state index contributed by atoms with van der Waals surface area (Å²) in [5.74, 6) is -1.01. The van der Waals surface area contributed by atoms with Gasteiger partial charge in [0.1, 0.15) is 11.3 Å². The molecule has 4 heteroatoms. The number of fused-ring (bicyclic) bond motifs is 1. The van der Waals surface area contributed by atoms with Gasteiger partial charge in [0.25, 0.3) is 0 Å². The van der Waals surface area contributed by atoms with Gasteiger partial charge in [-0.15, -0.1) is 0 Å². The van der Waals surface area contributed by atoms with E-state index in [0.717, 1.165) is 5.39 Å². The zero-order valence-corrected chi connectivity index (χ0v) is 8.80. The molecular weight excluding hydrogens is 208 g/mol. The number of carboxylic acid groups (broad SMARTS) is 1. The van der Waals surface area contributed by atoms with Crippen LogP contribution in [0.15, 0.2) is 28.9 Å². The van der Waals surface area contributed by atoms with Gasteiger partial charge in [-0.3, -0.25) is 4.79 Å². The standard InChI is InChI=1S/C12H12O4/c1-7(4-12(14)15)9-6-11-8(2-3-16-11)5-10(9)13/h2-3,5-7,13H,4H2,1H3,(H,14,15). The van der Waals surface area contributed by atoms with Crippen LogP contribution in [0.1, 0.15) is 24.8 Å². The Bertz CT molecular complexity index is 527. The first-order valence-corrected chi connectivity index (χ1v) is 5.00. The van der Waals surface area contributed by atoms with Crippen molar-refractivity contribution >= 4 is 16.9 Å². The molecule has 0 spiro atoms. The van der Waals surface area contributed by atoms with Gasteiger partial charge in [0.05, 0.1) is 12.7 Å². The molecule has 1 aromatic carbocycles. The molecule has 0 aliphatic rings. The summed E-state index contributed by atoms with van der Waals surface area (Å²) in [5.41, 5.74) is 1.26. The molecule has 16 heavy (non-hydrogen) atoms. The molecule has 1 atom stereocenters. The minimum Gasteiger partial charge on any atom is -0.508 e. The normalized spacial score (nSPS) is 12.8. The van der Waals surface area contributed by atoms with Crippen molar-refractivity contribution in [1.82, 2.24) is 0 Å². The van der Waals surface area contributed by atoms with Crippen LogP contribution >= 0.6 is 0 Å². The summed E-state index contributed by atoms with van der Waals surface area (Å²) in [6, 6.07) is 5.03. The van der Waals surface area contributed by atoms with Crippen molar-refractivity contribution in [3.05, 3.63) is 30.0 Å². The highest BCUT2D eigenvalue weighted by Gasteiger charge is 2.15. The van der Waals surface area contributed by atoms with Crippen LogP contribution in [0.2, 0.25) is 0 Å². The van der Waals surface area contributed by atoms with E-state index in [0.29, 0.717) is 11.1 Å². The number of aliphatic carboxylic acids is 1. The minimum absolute atomic E-state index is 0.0141. The maximum Gasteiger partial charge on any atom is 0.303 e. The van der Waals surface area contributed by atoms with E-state index in [1.807, 2.05) is 0 Å². The van der Waals surface area contributed by atoms with Crippen LogP contribution in [0, 0.1) is 0 Å². The number of carboxylic acids is 1. The summed E-state index contributed by atoms with van der Waals surface area (Å²) < 4.78 is 5.21. The fourth-order valence-corrected chi connectivity index (χ4v) is 1.78. The van der Waals surface area contributed by atoms with Crippen molar-refractivity contribution in [3.8, 4) is 5.75 Å². The number of carbonyl (C=O) groups is 1. The number of phenolic OH excluding ortho intramolecular Hbond substituents is 1. The van der Waals surface area contributed by atoms with Crippen molar-refractivity contribution in [3.63, 3.8) is 0 Å². The molecule has 0 aliphatic carbocycles. The summed E-state index contributed by atoms with van der Waals surface area (Å²) in [6.45, 7) is 1.76. The first-order chi connectivity index (χ1) is 7.58. The molecule has 1 aromatic heterocycles. The Hall–Kier alpha value is -1.97. The first-order valence-electron chi connectivity index (χ1n) is 5.00. The molecule has 0 amide bonds. The molecule has 0 radical (unpaired) electrons. The van der Waals surface area contributed by atoms with E-state index in [2.05, 4.69) is 0 Å². The molecule has 2 rings (SSSR count). The van der Waals surface area contributed by atoms with Crippen LogP contribution in [0.25, 0.3) is 11.0 Å². The maximum absolute atomic E-state index is 10.6. The molecule has 1 heterocycles. The molecule has 0 saturated heterocycles. The van der Waals surface area contributed by atoms with Crippen LogP contribution in [0.4, 0.5) is 0 Å². The van der Waals surface area contributed by atoms with Crippen LogP contribution in [-0.2, 0) is 4.79 Å². The van der Waals surface area contributed by atoms with Crippen molar-refractivity contribution in [2.75, 3.05) is 0 Å². The van der Waals surface area contributed by atoms with Gasteiger partial charge in [-0.25, -0.2) is 0 Å². The zero-order valence-electron chi connectivity index (χ0n) is 8.80. The van der Waals surface area contributed by atoms with Gasteiger partial charge < -0.3 is 14.6 Å². The second-order valence-electron chi connectivity index (χ2n) is 3.87. The van der Waals surface area contributed by atoms with Crippen LogP contribution in [0.3, 0.4) is 0 Å². The van der Waals surface area contributed by atoms with Gasteiger partial charge >= 0.3 is 5.97 Å². The topological polar surface area (TPSA) is 70.7 Å². The number of benzene rings is 1. The molecule has 0 bridgehead atoms. The zero-order chi connectivity index (χ0) is 11.7. The van der Waals surface area contributed by atoms with E-state index < -0.39 is 5.97 Å². The molecule has 4 nitrogen and oxygen atoms in total. The highest BCUT2D eigenvalue weighted by Crippen LogP contribution is 2.32. The monoisotopic (exact) mass is 220 g/mol. The van der Waals surface area contributed by atoms with E-state index in [1.165, 1.54) is 6.26 Å². The molecule has 84 valence electrons. The second-order valence-corrected chi connectivity index (χ2v) is 3.87. The third-order valence-electron chi connectivity index (χ3n) is 2.61. The van der Waals surface area contributed by atoms with Gasteiger partial charge in [0.2, 0.25) is 0 Å². The maximum atomic E-state index is 10.6. The van der Waals surface area contributed by atoms with Crippen LogP contribution < -0.4 is 0 Å². The van der Waals surface area contributed by atoms with Crippen LogP contribution in [0.5, 0.6) is 5.75 Å². The van der Waals surface area contributed by atoms with E-state index >= 15 is 0 Å². The summed E-state index contributed by atoms with van der Waals surface area (Å²) in [7, 11) is 0. The van der Waals surface area contributed by atoms with Crippen LogP contribution in [-0.4, -0.2) is 16.2 Å². The Balaban J connectivity index is 2.42. The molecular formula is C12H12O4. The molecule has 0 aliphatic heterocycles. The van der Waals surface area contributed by atoms with Gasteiger partial charge in [0, 0.05) is 10.9 Å². The van der Waals surface area contributed by atoms with E-state index in [1.54, 1.807) is 25.1 Å². The number of phenols is 1. The van der Waals surface area contributed by atoms with Gasteiger partial charge in [-0.2, -0.15) is 0 Å². The van der Waals surface area contributed by atoms with Crippen molar-refractivity contribution in [2.45, 2.75) is 19.3 Å². The molecule has 2 aromatic rings. The summed E-state index contributed by atoms with van der Waals surface area (Å²) >= 11 is 0. The Morgan fingerprint density at radius 1 is 1.50 bits per heavy atom. The molecule has 2 N–H and O–H groups in total. The number of hydrogen-bond acceptors (Lipinski definition) is 3. The fourth-order valence-electron chi connectivity index (χ4n) is 1.78. The Labute approximate surface area is 92.1 Å². The molecule has 1 unspecified atom stereocenters. The Kier molecular flexibility index (Phi) is 2.56. The van der Waals surface area contributed by atoms with Crippen molar-refractivity contribution in [1.29, 1.82) is 0 Å². The fraction of sp³-hybridized carbons (Fsp3) is 0.250. The number of hydrogen-bond donors (Lipinski definition) is 2. The lowest BCUT2D eigenvalue weighted by atomic mass is 9.96. The lowest BCUT2D eigenvalue weighted by Gasteiger charge is -2.10. The number of aromatic hydroxyl groups is 1. The van der Waals surface area contributed by atoms with E-state index in [-0.39, 0.29) is 18.1 Å². The minimum atomic E-state index is -0.883. The summed E-state index contributed by atoms with van der Waals surface area (Å²) in [4.78, 5) is 10.6. The summed E-state index contributed by atoms with van der Waals surface area (Å²) in [5, 5.41) is 19.3. The predicted octanol–water partition coefficient (Wildman–Crippen LogP) is 2.72. The number of rotatable bonds is 3. The molecule has 0 saturated carbocycles. The average molecular weight is 220 g/mol. The summed E-state index contributed by atoms with van der Waals surface area (Å²) in [6.07, 6.45) is 1.52. The number of furan rings is 1. The predicted molar refractivity (Wildman–Crippen MR) is 58.5 cm³/mol. The smallest absolute Gasteiger partial charge is 0.303 e. The van der Waals surface area contributed by atoms with Crippen molar-refractivity contribution < 1.29 is 19.4 Å².